The molecule has 2 aromatic heterocycles. The fourth-order valence-electron chi connectivity index (χ4n) is 4.49. The van der Waals surface area contributed by atoms with E-state index in [1.165, 1.54) is 16.9 Å². The van der Waals surface area contributed by atoms with Gasteiger partial charge in [-0.2, -0.15) is 5.26 Å². The second-order valence-electron chi connectivity index (χ2n) is 8.21. The van der Waals surface area contributed by atoms with E-state index in [0.717, 1.165) is 46.7 Å². The van der Waals surface area contributed by atoms with Crippen molar-refractivity contribution in [3.05, 3.63) is 40.3 Å². The zero-order valence-corrected chi connectivity index (χ0v) is 19.5. The maximum atomic E-state index is 12.1. The monoisotopic (exact) mass is 462 g/mol. The van der Waals surface area contributed by atoms with Crippen LogP contribution in [0.4, 0.5) is 21.4 Å². The summed E-state index contributed by atoms with van der Waals surface area (Å²) in [5.41, 5.74) is 3.54. The number of amides is 1. The Hall–Kier alpha value is -3.38. The molecule has 3 aromatic rings. The number of anilines is 3. The molecule has 0 unspecified atom stereocenters. The number of aryl methyl sites for hydroxylation is 1. The number of para-hydroxylation sites is 2. The highest BCUT2D eigenvalue weighted by molar-refractivity contribution is 7.16. The number of aromatic nitrogens is 2. The van der Waals surface area contributed by atoms with Crippen molar-refractivity contribution in [1.29, 1.82) is 5.26 Å². The largest absolute Gasteiger partial charge is 0.450 e. The maximum absolute atomic E-state index is 12.1. The Labute approximate surface area is 196 Å². The summed E-state index contributed by atoms with van der Waals surface area (Å²) in [4.78, 5) is 27.1. The third-order valence-corrected chi connectivity index (χ3v) is 7.38. The summed E-state index contributed by atoms with van der Waals surface area (Å²) in [5, 5.41) is 14.2. The minimum Gasteiger partial charge on any atom is -0.450 e. The fourth-order valence-corrected chi connectivity index (χ4v) is 5.73. The van der Waals surface area contributed by atoms with Crippen LogP contribution < -0.4 is 10.2 Å². The van der Waals surface area contributed by atoms with Crippen molar-refractivity contribution in [2.75, 3.05) is 43.0 Å². The molecule has 1 N–H and O–H groups in total. The third-order valence-electron chi connectivity index (χ3n) is 6.17. The number of piperazine rings is 1. The molecular weight excluding hydrogens is 436 g/mol. The van der Waals surface area contributed by atoms with Crippen molar-refractivity contribution >= 4 is 45.1 Å². The van der Waals surface area contributed by atoms with Crippen molar-refractivity contribution in [2.24, 2.45) is 0 Å². The first-order chi connectivity index (χ1) is 16.2. The summed E-state index contributed by atoms with van der Waals surface area (Å²) >= 11 is 1.66. The summed E-state index contributed by atoms with van der Waals surface area (Å²) in [6.07, 6.45) is 4.01. The van der Waals surface area contributed by atoms with Gasteiger partial charge in [0.05, 0.1) is 23.2 Å². The van der Waals surface area contributed by atoms with E-state index >= 15 is 0 Å². The number of ether oxygens (including phenoxy) is 1. The molecule has 9 heteroatoms. The minimum atomic E-state index is -0.275. The van der Waals surface area contributed by atoms with E-state index < -0.39 is 0 Å². The van der Waals surface area contributed by atoms with E-state index in [4.69, 9.17) is 14.7 Å². The number of thiophene rings is 1. The molecule has 0 spiro atoms. The van der Waals surface area contributed by atoms with Gasteiger partial charge in [0, 0.05) is 31.1 Å². The highest BCUT2D eigenvalue weighted by atomic mass is 32.1. The molecule has 0 atom stereocenters. The van der Waals surface area contributed by atoms with Crippen LogP contribution in [0.2, 0.25) is 0 Å². The Balaban J connectivity index is 1.48. The molecule has 2 aliphatic rings. The number of carbonyl (C=O) groups is 1. The predicted molar refractivity (Wildman–Crippen MR) is 129 cm³/mol. The Kier molecular flexibility index (Phi) is 6.01. The molecule has 3 heterocycles. The molecule has 33 heavy (non-hydrogen) atoms. The lowest BCUT2D eigenvalue weighted by molar-refractivity contribution is 0.105. The highest BCUT2D eigenvalue weighted by Crippen LogP contribution is 2.40. The van der Waals surface area contributed by atoms with Gasteiger partial charge in [0.25, 0.3) is 0 Å². The van der Waals surface area contributed by atoms with Gasteiger partial charge in [-0.3, -0.25) is 0 Å². The zero-order valence-electron chi connectivity index (χ0n) is 18.6. The Bertz CT molecular complexity index is 1230. The van der Waals surface area contributed by atoms with Crippen LogP contribution in [-0.2, 0) is 17.6 Å². The third kappa shape index (κ3) is 4.18. The number of hydrogen-bond acceptors (Lipinski definition) is 8. The lowest BCUT2D eigenvalue weighted by atomic mass is 9.96. The molecule has 1 aromatic carbocycles. The van der Waals surface area contributed by atoms with E-state index in [9.17, 15) is 10.1 Å². The number of rotatable bonds is 4. The normalized spacial score (nSPS) is 15.8. The first-order valence-corrected chi connectivity index (χ1v) is 12.2. The van der Waals surface area contributed by atoms with Gasteiger partial charge in [0.15, 0.2) is 11.6 Å². The van der Waals surface area contributed by atoms with Crippen molar-refractivity contribution in [2.45, 2.75) is 32.6 Å². The van der Waals surface area contributed by atoms with Crippen LogP contribution in [0, 0.1) is 11.3 Å². The van der Waals surface area contributed by atoms with Gasteiger partial charge in [0.1, 0.15) is 11.1 Å². The summed E-state index contributed by atoms with van der Waals surface area (Å²) in [7, 11) is 0. The number of hydrogen-bond donors (Lipinski definition) is 1. The SMILES string of the molecule is CCOC(=O)N1CCN(c2nc3ccccc3nc2Nc2sc3c(c2C#N)CCCC3)CC1. The number of nitriles is 1. The van der Waals surface area contributed by atoms with Gasteiger partial charge in [-0.15, -0.1) is 11.3 Å². The van der Waals surface area contributed by atoms with Gasteiger partial charge in [0.2, 0.25) is 0 Å². The molecular formula is C24H26N6O2S. The van der Waals surface area contributed by atoms with Crippen molar-refractivity contribution in [1.82, 2.24) is 14.9 Å². The van der Waals surface area contributed by atoms with E-state index in [-0.39, 0.29) is 6.09 Å². The van der Waals surface area contributed by atoms with Crippen LogP contribution in [0.25, 0.3) is 11.0 Å². The van der Waals surface area contributed by atoms with E-state index in [0.29, 0.717) is 38.6 Å². The van der Waals surface area contributed by atoms with E-state index in [1.807, 2.05) is 31.2 Å². The lowest BCUT2D eigenvalue weighted by Crippen LogP contribution is -2.49. The Morgan fingerprint density at radius 3 is 2.61 bits per heavy atom. The Morgan fingerprint density at radius 1 is 1.15 bits per heavy atom. The molecule has 1 amide bonds. The van der Waals surface area contributed by atoms with Crippen LogP contribution >= 0.6 is 11.3 Å². The molecule has 0 bridgehead atoms. The quantitative estimate of drug-likeness (QED) is 0.611. The fraction of sp³-hybridized carbons (Fsp3) is 0.417. The number of carbonyl (C=O) groups excluding carboxylic acids is 1. The van der Waals surface area contributed by atoms with Crippen molar-refractivity contribution in [3.63, 3.8) is 0 Å². The molecule has 0 radical (unpaired) electrons. The topological polar surface area (TPSA) is 94.4 Å². The number of nitrogens with one attached hydrogen (secondary N) is 1. The smallest absolute Gasteiger partial charge is 0.409 e. The second-order valence-corrected chi connectivity index (χ2v) is 9.31. The van der Waals surface area contributed by atoms with E-state index in [1.54, 1.807) is 16.2 Å². The molecule has 5 rings (SSSR count). The predicted octanol–water partition coefficient (Wildman–Crippen LogP) is 4.46. The average Bonchev–Trinajstić information content (AvgIpc) is 3.21. The first-order valence-electron chi connectivity index (χ1n) is 11.4. The van der Waals surface area contributed by atoms with Crippen LogP contribution in [0.15, 0.2) is 24.3 Å². The van der Waals surface area contributed by atoms with Crippen LogP contribution in [0.3, 0.4) is 0 Å². The van der Waals surface area contributed by atoms with E-state index in [2.05, 4.69) is 16.3 Å². The van der Waals surface area contributed by atoms with Gasteiger partial charge in [-0.1, -0.05) is 12.1 Å². The summed E-state index contributed by atoms with van der Waals surface area (Å²) in [6.45, 7) is 4.57. The summed E-state index contributed by atoms with van der Waals surface area (Å²) < 4.78 is 5.15. The number of benzene rings is 1. The summed E-state index contributed by atoms with van der Waals surface area (Å²) in [5.74, 6) is 1.39. The van der Waals surface area contributed by atoms with Gasteiger partial charge in [-0.05, 0) is 50.3 Å². The first kappa shape index (κ1) is 21.5. The minimum absolute atomic E-state index is 0.275. The maximum Gasteiger partial charge on any atom is 0.409 e. The van der Waals surface area contributed by atoms with Crippen molar-refractivity contribution < 1.29 is 9.53 Å². The van der Waals surface area contributed by atoms with Crippen molar-refractivity contribution in [3.8, 4) is 6.07 Å². The van der Waals surface area contributed by atoms with Crippen LogP contribution in [-0.4, -0.2) is 53.7 Å². The molecule has 1 fully saturated rings. The molecule has 170 valence electrons. The number of fused-ring (bicyclic) bond motifs is 2. The zero-order chi connectivity index (χ0) is 22.8. The van der Waals surface area contributed by atoms with Crippen LogP contribution in [0.1, 0.15) is 35.8 Å². The number of nitrogens with zero attached hydrogens (tertiary/aromatic N) is 5. The standard InChI is InChI=1S/C24H26N6O2S/c1-2-32-24(31)30-13-11-29(12-14-30)22-21(26-18-8-4-5-9-19(18)27-22)28-23-17(15-25)16-7-3-6-10-20(16)33-23/h4-5,8-9H,2-3,6-7,10-14H2,1H3,(H,26,28). The average molecular weight is 463 g/mol. The Morgan fingerprint density at radius 2 is 1.88 bits per heavy atom. The lowest BCUT2D eigenvalue weighted by Gasteiger charge is -2.35. The second kappa shape index (κ2) is 9.24. The van der Waals surface area contributed by atoms with Gasteiger partial charge >= 0.3 is 6.09 Å². The summed E-state index contributed by atoms with van der Waals surface area (Å²) in [6, 6.07) is 10.2. The van der Waals surface area contributed by atoms with Crippen LogP contribution in [0.5, 0.6) is 0 Å². The molecule has 1 aliphatic carbocycles. The molecule has 8 nitrogen and oxygen atoms in total. The highest BCUT2D eigenvalue weighted by Gasteiger charge is 2.27. The molecule has 0 saturated carbocycles. The molecule has 1 saturated heterocycles. The molecule has 1 aliphatic heterocycles. The van der Waals surface area contributed by atoms with Gasteiger partial charge in [-0.25, -0.2) is 14.8 Å². The van der Waals surface area contributed by atoms with Gasteiger partial charge < -0.3 is 19.9 Å².